The molecule has 1 aliphatic heterocycles. The van der Waals surface area contributed by atoms with Crippen molar-refractivity contribution >= 4 is 40.2 Å². The number of nitrogens with two attached hydrogens (primary N) is 1. The molecule has 12 heteroatoms. The van der Waals surface area contributed by atoms with Gasteiger partial charge in [0.1, 0.15) is 0 Å². The highest BCUT2D eigenvalue weighted by molar-refractivity contribution is 7.97. The first-order valence-electron chi connectivity index (χ1n) is 11.2. The van der Waals surface area contributed by atoms with Crippen molar-refractivity contribution < 1.29 is 24.9 Å². The second-order valence-electron chi connectivity index (χ2n) is 8.51. The lowest BCUT2D eigenvalue weighted by atomic mass is 9.90. The predicted molar refractivity (Wildman–Crippen MR) is 129 cm³/mol. The number of nitrogens with one attached hydrogen (secondary N) is 1. The first-order valence-corrected chi connectivity index (χ1v) is 12.0. The van der Waals surface area contributed by atoms with Crippen LogP contribution in [0.1, 0.15) is 20.7 Å². The third-order valence-corrected chi connectivity index (χ3v) is 7.01. The monoisotopic (exact) mass is 496 g/mol. The number of hydrogen-bond acceptors (Lipinski definition) is 11. The fourth-order valence-electron chi connectivity index (χ4n) is 4.39. The van der Waals surface area contributed by atoms with Gasteiger partial charge in [-0.1, -0.05) is 24.3 Å². The highest BCUT2D eigenvalue weighted by Crippen LogP contribution is 2.33. The molecular weight excluding hydrogens is 470 g/mol. The number of anilines is 1. The summed E-state index contributed by atoms with van der Waals surface area (Å²) in [4.78, 5) is 31.1. The van der Waals surface area contributed by atoms with Gasteiger partial charge in [0.25, 0.3) is 5.78 Å². The maximum atomic E-state index is 13.0. The standard InChI is InChI=1S/C23H25N7O4S/c1-28(2)35-17-8-7-16(18-19(17)27-34-26-18)30-11-9-29(10-12-30)13-24-20-21(25-33)23(32)15-6-4-3-5-14(15)22(20)31/h3-8,24-25,33H,9-13H2,1-2H3/p+1. The van der Waals surface area contributed by atoms with Gasteiger partial charge in [-0.25, -0.2) is 9.84 Å². The maximum absolute atomic E-state index is 13.0. The lowest BCUT2D eigenvalue weighted by Crippen LogP contribution is -2.81. The van der Waals surface area contributed by atoms with Gasteiger partial charge in [-0.3, -0.25) is 18.8 Å². The molecular formula is C23H26N7O4S+. The number of rotatable bonds is 7. The molecule has 0 saturated carbocycles. The van der Waals surface area contributed by atoms with Crippen LogP contribution in [0.4, 0.5) is 5.69 Å². The molecule has 1 fully saturated rings. The summed E-state index contributed by atoms with van der Waals surface area (Å²) in [6, 6.07) is 10.7. The molecule has 1 aliphatic carbocycles. The van der Waals surface area contributed by atoms with Gasteiger partial charge in [-0.05, 0) is 48.5 Å². The molecule has 3 aromatic rings. The largest absolute Gasteiger partial charge is 0.367 e. The van der Waals surface area contributed by atoms with Crippen molar-refractivity contribution in [2.24, 2.45) is 0 Å². The summed E-state index contributed by atoms with van der Waals surface area (Å²) in [7, 11) is 3.94. The number of allylic oxidation sites excluding steroid dienone is 2. The van der Waals surface area contributed by atoms with Crippen molar-refractivity contribution in [2.75, 3.05) is 51.8 Å². The molecule has 182 valence electrons. The molecule has 0 spiro atoms. The SMILES string of the molecule is CN(C)Sc1ccc(N2CCN(CNC3=C([NH2+]O)C(=O)c4ccccc4C3=O)CC2)c2nonc12. The molecule has 2 aromatic carbocycles. The Morgan fingerprint density at radius 2 is 1.71 bits per heavy atom. The second kappa shape index (κ2) is 9.76. The minimum absolute atomic E-state index is 0.0102. The zero-order valence-electron chi connectivity index (χ0n) is 19.4. The summed E-state index contributed by atoms with van der Waals surface area (Å²) in [5, 5.41) is 21.0. The third kappa shape index (κ3) is 4.42. The Kier molecular flexibility index (Phi) is 6.54. The number of hydrogen-bond donors (Lipinski definition) is 3. The molecule has 1 aromatic heterocycles. The number of Topliss-reactive ketones (excluding diaryl/α,β-unsaturated/α-hetero) is 2. The van der Waals surface area contributed by atoms with E-state index in [4.69, 9.17) is 4.63 Å². The van der Waals surface area contributed by atoms with E-state index in [-0.39, 0.29) is 23.0 Å². The van der Waals surface area contributed by atoms with E-state index in [1.807, 2.05) is 30.5 Å². The molecule has 4 N–H and O–H groups in total. The lowest BCUT2D eigenvalue weighted by molar-refractivity contribution is -0.846. The minimum Gasteiger partial charge on any atom is -0.367 e. The number of hydroxylamine groups is 1. The molecule has 0 radical (unpaired) electrons. The molecule has 5 rings (SSSR count). The number of quaternary nitrogens is 1. The molecule has 2 heterocycles. The van der Waals surface area contributed by atoms with Crippen LogP contribution in [0.3, 0.4) is 0 Å². The zero-order chi connectivity index (χ0) is 24.5. The summed E-state index contributed by atoms with van der Waals surface area (Å²) >= 11 is 1.57. The van der Waals surface area contributed by atoms with E-state index in [9.17, 15) is 14.8 Å². The van der Waals surface area contributed by atoms with Crippen molar-refractivity contribution in [3.63, 3.8) is 0 Å². The molecule has 0 atom stereocenters. The van der Waals surface area contributed by atoms with Crippen LogP contribution in [0.25, 0.3) is 11.0 Å². The Hall–Kier alpha value is -3.29. The van der Waals surface area contributed by atoms with Gasteiger partial charge >= 0.3 is 0 Å². The fourth-order valence-corrected chi connectivity index (χ4v) is 5.13. The number of benzene rings is 2. The summed E-state index contributed by atoms with van der Waals surface area (Å²) in [5.41, 5.74) is 3.93. The van der Waals surface area contributed by atoms with Gasteiger partial charge in [0.05, 0.1) is 17.3 Å². The smallest absolute Gasteiger partial charge is 0.252 e. The molecule has 0 amide bonds. The van der Waals surface area contributed by atoms with E-state index in [2.05, 4.69) is 25.4 Å². The number of nitrogens with zero attached hydrogens (tertiary/aromatic N) is 5. The van der Waals surface area contributed by atoms with Crippen LogP contribution in [0.15, 0.2) is 57.3 Å². The Morgan fingerprint density at radius 1 is 1.03 bits per heavy atom. The molecule has 35 heavy (non-hydrogen) atoms. The Balaban J connectivity index is 1.25. The van der Waals surface area contributed by atoms with E-state index in [1.165, 1.54) is 0 Å². The molecule has 11 nitrogen and oxygen atoms in total. The topological polar surface area (TPSA) is 132 Å². The number of carbonyl (C=O) groups excluding carboxylic acids is 2. The Labute approximate surface area is 205 Å². The summed E-state index contributed by atoms with van der Waals surface area (Å²) in [5.74, 6) is -0.660. The second-order valence-corrected chi connectivity index (χ2v) is 9.86. The first-order chi connectivity index (χ1) is 17.0. The van der Waals surface area contributed by atoms with Gasteiger partial charge in [0.15, 0.2) is 16.7 Å². The number of ketones is 2. The van der Waals surface area contributed by atoms with Crippen LogP contribution in [-0.2, 0) is 0 Å². The van der Waals surface area contributed by atoms with E-state index >= 15 is 0 Å². The van der Waals surface area contributed by atoms with E-state index in [0.29, 0.717) is 23.3 Å². The summed E-state index contributed by atoms with van der Waals surface area (Å²) < 4.78 is 7.04. The van der Waals surface area contributed by atoms with Gasteiger partial charge in [-0.15, -0.1) is 0 Å². The van der Waals surface area contributed by atoms with Crippen LogP contribution in [0, 0.1) is 0 Å². The molecule has 0 bridgehead atoms. The van der Waals surface area contributed by atoms with Gasteiger partial charge in [-0.2, -0.15) is 5.48 Å². The highest BCUT2D eigenvalue weighted by atomic mass is 32.2. The maximum Gasteiger partial charge on any atom is 0.252 e. The Morgan fingerprint density at radius 3 is 2.40 bits per heavy atom. The van der Waals surface area contributed by atoms with Crippen molar-refractivity contribution in [1.82, 2.24) is 24.8 Å². The average Bonchev–Trinajstić information content (AvgIpc) is 3.36. The van der Waals surface area contributed by atoms with Gasteiger partial charge < -0.3 is 10.2 Å². The summed E-state index contributed by atoms with van der Waals surface area (Å²) in [6.07, 6.45) is 0. The van der Waals surface area contributed by atoms with Crippen molar-refractivity contribution in [3.05, 3.63) is 58.9 Å². The van der Waals surface area contributed by atoms with E-state index < -0.39 is 0 Å². The Bertz CT molecular complexity index is 1310. The van der Waals surface area contributed by atoms with Crippen LogP contribution < -0.4 is 15.7 Å². The van der Waals surface area contributed by atoms with Crippen molar-refractivity contribution in [3.8, 4) is 0 Å². The number of fused-ring (bicyclic) bond motifs is 2. The highest BCUT2D eigenvalue weighted by Gasteiger charge is 2.35. The van der Waals surface area contributed by atoms with Crippen molar-refractivity contribution in [1.29, 1.82) is 0 Å². The zero-order valence-corrected chi connectivity index (χ0v) is 20.2. The molecule has 1 saturated heterocycles. The normalized spacial score (nSPS) is 17.0. The number of aromatic nitrogens is 2. The lowest BCUT2D eigenvalue weighted by Gasteiger charge is -2.36. The molecule has 0 unspecified atom stereocenters. The predicted octanol–water partition coefficient (Wildman–Crippen LogP) is 0.704. The van der Waals surface area contributed by atoms with Crippen molar-refractivity contribution in [2.45, 2.75) is 4.90 Å². The average molecular weight is 497 g/mol. The third-order valence-electron chi connectivity index (χ3n) is 6.12. The fraction of sp³-hybridized carbons (Fsp3) is 0.304. The van der Waals surface area contributed by atoms with Crippen LogP contribution in [0.5, 0.6) is 0 Å². The quantitative estimate of drug-likeness (QED) is 0.316. The number of carbonyl (C=O) groups is 2. The minimum atomic E-state index is -0.365. The van der Waals surface area contributed by atoms with Crippen LogP contribution in [0.2, 0.25) is 0 Å². The molecule has 2 aliphatic rings. The van der Waals surface area contributed by atoms with Gasteiger partial charge in [0.2, 0.25) is 11.5 Å². The van der Waals surface area contributed by atoms with E-state index in [0.717, 1.165) is 47.8 Å². The summed E-state index contributed by atoms with van der Waals surface area (Å²) in [6.45, 7) is 3.34. The first kappa shape index (κ1) is 23.5. The number of piperazine rings is 1. The van der Waals surface area contributed by atoms with Gasteiger partial charge in [0, 0.05) is 37.3 Å². The van der Waals surface area contributed by atoms with E-state index in [1.54, 1.807) is 36.2 Å². The van der Waals surface area contributed by atoms with Crippen LogP contribution in [-0.4, -0.2) is 83.2 Å². The van der Waals surface area contributed by atoms with Crippen LogP contribution >= 0.6 is 11.9 Å².